The minimum atomic E-state index is -0.377. The maximum atomic E-state index is 12.7. The van der Waals surface area contributed by atoms with Crippen molar-refractivity contribution in [1.29, 1.82) is 0 Å². The summed E-state index contributed by atoms with van der Waals surface area (Å²) in [6.45, 7) is 1.81. The van der Waals surface area contributed by atoms with Crippen LogP contribution in [0.3, 0.4) is 0 Å². The van der Waals surface area contributed by atoms with Crippen molar-refractivity contribution in [1.82, 2.24) is 20.1 Å². The smallest absolute Gasteiger partial charge is 0.274 e. The van der Waals surface area contributed by atoms with E-state index in [9.17, 15) is 9.59 Å². The molecule has 1 saturated heterocycles. The number of aromatic amines is 1. The highest BCUT2D eigenvalue weighted by Crippen LogP contribution is 2.46. The van der Waals surface area contributed by atoms with Gasteiger partial charge in [0.1, 0.15) is 11.5 Å². The van der Waals surface area contributed by atoms with Crippen LogP contribution in [-0.2, 0) is 16.8 Å². The molecule has 0 atom stereocenters. The third-order valence-corrected chi connectivity index (χ3v) is 7.00. The van der Waals surface area contributed by atoms with E-state index in [-0.39, 0.29) is 22.8 Å². The van der Waals surface area contributed by atoms with Crippen molar-refractivity contribution >= 4 is 23.1 Å². The van der Waals surface area contributed by atoms with E-state index < -0.39 is 0 Å². The maximum Gasteiger partial charge on any atom is 0.274 e. The second-order valence-corrected chi connectivity index (χ2v) is 8.72. The Morgan fingerprint density at radius 3 is 2.80 bits per heavy atom. The molecule has 8 nitrogen and oxygen atoms in total. The average Bonchev–Trinajstić information content (AvgIpc) is 3.21. The SMILES string of the molecule is Nc1cccc(-c2cc3c(s2)CCOC32CCN(C(=O)c3ccc(=O)[nH]n3)CC2)n1. The van der Waals surface area contributed by atoms with Gasteiger partial charge in [0.2, 0.25) is 0 Å². The van der Waals surface area contributed by atoms with E-state index in [0.717, 1.165) is 29.8 Å². The summed E-state index contributed by atoms with van der Waals surface area (Å²) in [5.74, 6) is 0.333. The predicted octanol–water partition coefficient (Wildman–Crippen LogP) is 2.18. The molecule has 0 saturated carbocycles. The Bertz CT molecular complexity index is 1140. The maximum absolute atomic E-state index is 12.7. The van der Waals surface area contributed by atoms with Gasteiger partial charge in [-0.15, -0.1) is 11.3 Å². The summed E-state index contributed by atoms with van der Waals surface area (Å²) in [4.78, 5) is 32.6. The lowest BCUT2D eigenvalue weighted by molar-refractivity contribution is -0.0926. The number of carbonyl (C=O) groups is 1. The number of thiophene rings is 1. The molecule has 0 unspecified atom stereocenters. The minimum absolute atomic E-state index is 0.174. The first-order chi connectivity index (χ1) is 14.5. The molecule has 154 valence electrons. The molecule has 1 fully saturated rings. The summed E-state index contributed by atoms with van der Waals surface area (Å²) in [5, 5.41) is 6.18. The van der Waals surface area contributed by atoms with Gasteiger partial charge in [-0.25, -0.2) is 10.1 Å². The summed E-state index contributed by atoms with van der Waals surface area (Å²) in [7, 11) is 0. The average molecular weight is 423 g/mol. The Hall–Kier alpha value is -3.04. The zero-order chi connectivity index (χ0) is 20.7. The number of amides is 1. The van der Waals surface area contributed by atoms with Crippen molar-refractivity contribution in [3.05, 3.63) is 62.9 Å². The number of nitrogen functional groups attached to an aromatic ring is 1. The number of anilines is 1. The molecule has 9 heteroatoms. The van der Waals surface area contributed by atoms with Gasteiger partial charge in [-0.3, -0.25) is 9.59 Å². The summed E-state index contributed by atoms with van der Waals surface area (Å²) >= 11 is 1.75. The van der Waals surface area contributed by atoms with Crippen LogP contribution in [0.15, 0.2) is 41.2 Å². The first-order valence-electron chi connectivity index (χ1n) is 9.89. The molecule has 0 radical (unpaired) electrons. The molecule has 3 N–H and O–H groups in total. The number of fused-ring (bicyclic) bond motifs is 2. The van der Waals surface area contributed by atoms with Gasteiger partial charge in [-0.1, -0.05) is 6.07 Å². The number of aromatic nitrogens is 3. The zero-order valence-corrected chi connectivity index (χ0v) is 17.1. The predicted molar refractivity (Wildman–Crippen MR) is 113 cm³/mol. The van der Waals surface area contributed by atoms with Crippen LogP contribution in [-0.4, -0.2) is 45.7 Å². The Balaban J connectivity index is 1.38. The van der Waals surface area contributed by atoms with Crippen molar-refractivity contribution in [2.75, 3.05) is 25.4 Å². The highest BCUT2D eigenvalue weighted by Gasteiger charge is 2.43. The van der Waals surface area contributed by atoms with Crippen LogP contribution in [0.2, 0.25) is 0 Å². The fraction of sp³-hybridized carbons (Fsp3) is 0.333. The molecule has 0 aromatic carbocycles. The Labute approximate surface area is 176 Å². The zero-order valence-electron chi connectivity index (χ0n) is 16.3. The molecule has 5 heterocycles. The number of piperidine rings is 1. The molecule has 5 rings (SSSR count). The first-order valence-corrected chi connectivity index (χ1v) is 10.7. The molecular weight excluding hydrogens is 402 g/mol. The van der Waals surface area contributed by atoms with Crippen LogP contribution in [0.5, 0.6) is 0 Å². The van der Waals surface area contributed by atoms with E-state index in [4.69, 9.17) is 10.5 Å². The number of carbonyl (C=O) groups excluding carboxylic acids is 1. The third-order valence-electron chi connectivity index (χ3n) is 5.79. The van der Waals surface area contributed by atoms with Crippen LogP contribution in [0, 0.1) is 0 Å². The summed E-state index contributed by atoms with van der Waals surface area (Å²) in [6.07, 6.45) is 2.32. The highest BCUT2D eigenvalue weighted by atomic mass is 32.1. The molecule has 1 spiro atoms. The molecule has 0 bridgehead atoms. The molecule has 2 aliphatic heterocycles. The summed E-state index contributed by atoms with van der Waals surface area (Å²) in [5.41, 5.74) is 7.50. The van der Waals surface area contributed by atoms with E-state index in [1.807, 2.05) is 12.1 Å². The van der Waals surface area contributed by atoms with Crippen LogP contribution in [0.25, 0.3) is 10.6 Å². The molecule has 30 heavy (non-hydrogen) atoms. The van der Waals surface area contributed by atoms with Crippen molar-refractivity contribution in [2.45, 2.75) is 24.9 Å². The molecule has 3 aromatic rings. The summed E-state index contributed by atoms with van der Waals surface area (Å²) in [6, 6.07) is 10.6. The highest BCUT2D eigenvalue weighted by molar-refractivity contribution is 7.15. The topological polar surface area (TPSA) is 114 Å². The van der Waals surface area contributed by atoms with Crippen LogP contribution >= 0.6 is 11.3 Å². The van der Waals surface area contributed by atoms with Crippen LogP contribution in [0.4, 0.5) is 5.82 Å². The lowest BCUT2D eigenvalue weighted by atomic mass is 9.82. The van der Waals surface area contributed by atoms with E-state index in [1.54, 1.807) is 22.3 Å². The minimum Gasteiger partial charge on any atom is -0.384 e. The van der Waals surface area contributed by atoms with E-state index in [2.05, 4.69) is 21.2 Å². The van der Waals surface area contributed by atoms with Crippen molar-refractivity contribution in [3.63, 3.8) is 0 Å². The number of hydrogen-bond acceptors (Lipinski definition) is 7. The van der Waals surface area contributed by atoms with Crippen molar-refractivity contribution in [3.8, 4) is 10.6 Å². The van der Waals surface area contributed by atoms with Gasteiger partial charge in [-0.05, 0) is 42.7 Å². The molecular formula is C21H21N5O3S. The summed E-state index contributed by atoms with van der Waals surface area (Å²) < 4.78 is 6.32. The van der Waals surface area contributed by atoms with E-state index in [0.29, 0.717) is 25.5 Å². The van der Waals surface area contributed by atoms with Crippen LogP contribution < -0.4 is 11.3 Å². The fourth-order valence-electron chi connectivity index (χ4n) is 4.24. The number of hydrogen-bond donors (Lipinski definition) is 2. The van der Waals surface area contributed by atoms with Gasteiger partial charge < -0.3 is 15.4 Å². The second-order valence-electron chi connectivity index (χ2n) is 7.59. The quantitative estimate of drug-likeness (QED) is 0.653. The first kappa shape index (κ1) is 19.0. The van der Waals surface area contributed by atoms with Gasteiger partial charge in [0.15, 0.2) is 0 Å². The van der Waals surface area contributed by atoms with Gasteiger partial charge in [0.05, 0.1) is 22.8 Å². The van der Waals surface area contributed by atoms with E-state index >= 15 is 0 Å². The lowest BCUT2D eigenvalue weighted by Crippen LogP contribution is -2.48. The molecule has 3 aromatic heterocycles. The van der Waals surface area contributed by atoms with Gasteiger partial charge >= 0.3 is 0 Å². The number of H-pyrrole nitrogens is 1. The van der Waals surface area contributed by atoms with Gasteiger partial charge in [0, 0.05) is 30.5 Å². The largest absolute Gasteiger partial charge is 0.384 e. The van der Waals surface area contributed by atoms with Crippen molar-refractivity contribution < 1.29 is 9.53 Å². The molecule has 1 amide bonds. The number of ether oxygens (including phenoxy) is 1. The molecule has 2 aliphatic rings. The number of likely N-dealkylation sites (tertiary alicyclic amines) is 1. The van der Waals surface area contributed by atoms with Gasteiger partial charge in [0.25, 0.3) is 11.5 Å². The fourth-order valence-corrected chi connectivity index (χ4v) is 5.44. The molecule has 0 aliphatic carbocycles. The lowest BCUT2D eigenvalue weighted by Gasteiger charge is -2.44. The van der Waals surface area contributed by atoms with Crippen LogP contribution in [0.1, 0.15) is 33.8 Å². The Morgan fingerprint density at radius 1 is 1.23 bits per heavy atom. The Kier molecular flexibility index (Phi) is 4.63. The normalized spacial score (nSPS) is 17.7. The number of rotatable bonds is 2. The Morgan fingerprint density at radius 2 is 2.07 bits per heavy atom. The number of nitrogens with two attached hydrogens (primary N) is 1. The van der Waals surface area contributed by atoms with E-state index in [1.165, 1.54) is 22.6 Å². The number of nitrogens with one attached hydrogen (secondary N) is 1. The number of pyridine rings is 1. The van der Waals surface area contributed by atoms with Gasteiger partial charge in [-0.2, -0.15) is 5.10 Å². The monoisotopic (exact) mass is 423 g/mol. The third kappa shape index (κ3) is 3.29. The van der Waals surface area contributed by atoms with Crippen molar-refractivity contribution in [2.24, 2.45) is 0 Å². The number of nitrogens with zero attached hydrogens (tertiary/aromatic N) is 3. The second kappa shape index (κ2) is 7.33. The standard InChI is InChI=1S/C21H21N5O3S/c22-18-3-1-2-14(23-18)17-12-13-16(30-17)6-11-29-21(13)7-9-26(10-8-21)20(28)15-4-5-19(27)25-24-15/h1-5,12H,6-11H2,(H2,22,23)(H,25,27).